The van der Waals surface area contributed by atoms with E-state index >= 15 is 0 Å². The van der Waals surface area contributed by atoms with Gasteiger partial charge in [0.2, 0.25) is 0 Å². The second kappa shape index (κ2) is 1.61. The van der Waals surface area contributed by atoms with Crippen molar-refractivity contribution in [2.24, 2.45) is 0 Å². The van der Waals surface area contributed by atoms with E-state index in [0.717, 1.165) is 0 Å². The van der Waals surface area contributed by atoms with Gasteiger partial charge in [0.15, 0.2) is 0 Å². The van der Waals surface area contributed by atoms with Crippen LogP contribution in [0.1, 0.15) is 24.9 Å². The summed E-state index contributed by atoms with van der Waals surface area (Å²) in [4.78, 5) is 0. The number of rotatable bonds is 0. The zero-order valence-corrected chi connectivity index (χ0v) is 4.50. The molecule has 0 atom stereocenters. The average molecular weight is 90.2 g/mol. The minimum absolute atomic E-state index is 0.328. The van der Waals surface area contributed by atoms with Gasteiger partial charge in [-0.05, 0) is 27.7 Å². The van der Waals surface area contributed by atoms with Crippen LogP contribution in [0.15, 0.2) is 0 Å². The van der Waals surface area contributed by atoms with Crippen molar-refractivity contribution in [2.75, 3.05) is 6.98 Å². The monoisotopic (exact) mass is 90.1 g/mol. The SMILES string of the molecule is [2H]C([2H])([2H])NC(C)(C)C. The van der Waals surface area contributed by atoms with Gasteiger partial charge in [-0.15, -0.1) is 0 Å². The first-order chi connectivity index (χ1) is 3.71. The Morgan fingerprint density at radius 3 is 2.00 bits per heavy atom. The van der Waals surface area contributed by atoms with Crippen LogP contribution in [0.5, 0.6) is 0 Å². The first-order valence-corrected chi connectivity index (χ1v) is 2.00. The molecule has 6 heavy (non-hydrogen) atoms. The van der Waals surface area contributed by atoms with Gasteiger partial charge >= 0.3 is 0 Å². The third kappa shape index (κ3) is 3.96. The Labute approximate surface area is 44.0 Å². The Morgan fingerprint density at radius 1 is 1.50 bits per heavy atom. The fourth-order valence-corrected chi connectivity index (χ4v) is 0. The van der Waals surface area contributed by atoms with Crippen molar-refractivity contribution in [1.29, 1.82) is 0 Å². The third-order valence-electron chi connectivity index (χ3n) is 0.375. The highest BCUT2D eigenvalue weighted by molar-refractivity contribution is 4.65. The molecule has 0 aromatic heterocycles. The van der Waals surface area contributed by atoms with E-state index in [-0.39, 0.29) is 5.54 Å². The van der Waals surface area contributed by atoms with Crippen LogP contribution in [-0.2, 0) is 0 Å². The van der Waals surface area contributed by atoms with E-state index in [4.69, 9.17) is 4.11 Å². The second-order valence-corrected chi connectivity index (χ2v) is 2.38. The molecule has 0 rings (SSSR count). The molecule has 0 aromatic rings. The summed E-state index contributed by atoms with van der Waals surface area (Å²) in [6.45, 7) is 3.44. The van der Waals surface area contributed by atoms with Gasteiger partial charge in [0, 0.05) is 9.65 Å². The minimum atomic E-state index is -2.02. The van der Waals surface area contributed by atoms with Crippen LogP contribution in [0.2, 0.25) is 0 Å². The molecule has 0 heterocycles. The molecule has 0 aliphatic rings. The molecule has 0 unspecified atom stereocenters. The first kappa shape index (κ1) is 2.31. The van der Waals surface area contributed by atoms with Gasteiger partial charge in [0.25, 0.3) is 0 Å². The van der Waals surface area contributed by atoms with Crippen molar-refractivity contribution < 1.29 is 4.11 Å². The van der Waals surface area contributed by atoms with Crippen LogP contribution in [0.3, 0.4) is 0 Å². The Kier molecular flexibility index (Phi) is 0.619. The molecular formula is C5H13N. The molecule has 1 nitrogen and oxygen atoms in total. The molecular weight excluding hydrogens is 74.1 g/mol. The molecule has 0 radical (unpaired) electrons. The molecule has 0 fully saturated rings. The van der Waals surface area contributed by atoms with Crippen LogP contribution in [-0.4, -0.2) is 12.5 Å². The highest BCUT2D eigenvalue weighted by Gasteiger charge is 2.01. The zero-order valence-electron chi connectivity index (χ0n) is 7.50. The number of nitrogens with one attached hydrogen (secondary N) is 1. The summed E-state index contributed by atoms with van der Waals surface area (Å²) in [6.07, 6.45) is 0. The highest BCUT2D eigenvalue weighted by Crippen LogP contribution is 1.93. The summed E-state index contributed by atoms with van der Waals surface area (Å²) in [6, 6.07) is 0. The first-order valence-electron chi connectivity index (χ1n) is 3.50. The number of hydrogen-bond donors (Lipinski definition) is 1. The van der Waals surface area contributed by atoms with Gasteiger partial charge in [-0.25, -0.2) is 0 Å². The smallest absolute Gasteiger partial charge is 0.0392 e. The van der Waals surface area contributed by atoms with Gasteiger partial charge in [0.1, 0.15) is 0 Å². The molecule has 0 spiro atoms. The third-order valence-corrected chi connectivity index (χ3v) is 0.375. The number of hydrogen-bond acceptors (Lipinski definition) is 1. The van der Waals surface area contributed by atoms with Gasteiger partial charge in [-0.1, -0.05) is 0 Å². The van der Waals surface area contributed by atoms with Crippen LogP contribution in [0.25, 0.3) is 0 Å². The van der Waals surface area contributed by atoms with Crippen LogP contribution >= 0.6 is 0 Å². The zero-order chi connectivity index (χ0) is 7.71. The lowest BCUT2D eigenvalue weighted by Gasteiger charge is -2.15. The Bertz CT molecular complexity index is 77.4. The van der Waals surface area contributed by atoms with Crippen LogP contribution in [0, 0.1) is 0 Å². The van der Waals surface area contributed by atoms with Crippen molar-refractivity contribution >= 4 is 0 Å². The van der Waals surface area contributed by atoms with Crippen molar-refractivity contribution in [3.05, 3.63) is 0 Å². The van der Waals surface area contributed by atoms with E-state index in [2.05, 4.69) is 5.32 Å². The fourth-order valence-electron chi connectivity index (χ4n) is 0. The van der Waals surface area contributed by atoms with Gasteiger partial charge in [0.05, 0.1) is 0 Å². The standard InChI is InChI=1S/C5H13N/c1-5(2,3)6-4/h6H,1-4H3/i4D3. The predicted octanol–water partition coefficient (Wildman–Crippen LogP) is 1.00. The maximum Gasteiger partial charge on any atom is 0.0392 e. The Hall–Kier alpha value is -0.0400. The molecule has 0 amide bonds. The average Bonchev–Trinajstić information content (AvgIpc) is 1.14. The molecule has 38 valence electrons. The van der Waals surface area contributed by atoms with E-state index in [1.165, 1.54) is 0 Å². The molecule has 1 heteroatoms. The molecule has 1 N–H and O–H groups in total. The molecule has 0 saturated heterocycles. The summed E-state index contributed by atoms with van der Waals surface area (Å²) in [5, 5.41) is 2.46. The van der Waals surface area contributed by atoms with Crippen LogP contribution < -0.4 is 5.32 Å². The fraction of sp³-hybridized carbons (Fsp3) is 1.00. The summed E-state index contributed by atoms with van der Waals surface area (Å²) in [5.74, 6) is 0. The quantitative estimate of drug-likeness (QED) is 0.468. The van der Waals surface area contributed by atoms with Gasteiger partial charge < -0.3 is 5.32 Å². The minimum Gasteiger partial charge on any atom is -0.315 e. The lowest BCUT2D eigenvalue weighted by molar-refractivity contribution is 0.469. The second-order valence-electron chi connectivity index (χ2n) is 2.38. The van der Waals surface area contributed by atoms with Crippen molar-refractivity contribution in [2.45, 2.75) is 26.3 Å². The van der Waals surface area contributed by atoms with Crippen LogP contribution in [0.4, 0.5) is 0 Å². The molecule has 0 aliphatic heterocycles. The maximum atomic E-state index is 6.81. The van der Waals surface area contributed by atoms with E-state index in [1.54, 1.807) is 0 Å². The van der Waals surface area contributed by atoms with Crippen molar-refractivity contribution in [1.82, 2.24) is 5.32 Å². The summed E-state index contributed by atoms with van der Waals surface area (Å²) in [7, 11) is 0. The molecule has 0 saturated carbocycles. The van der Waals surface area contributed by atoms with E-state index < -0.39 is 6.98 Å². The lowest BCUT2D eigenvalue weighted by Crippen LogP contribution is -2.31. The molecule has 0 bridgehead atoms. The van der Waals surface area contributed by atoms with Gasteiger partial charge in [-0.2, -0.15) is 0 Å². The predicted molar refractivity (Wildman–Crippen MR) is 28.8 cm³/mol. The summed E-state index contributed by atoms with van der Waals surface area (Å²) < 4.78 is 20.4. The van der Waals surface area contributed by atoms with Gasteiger partial charge in [-0.3, -0.25) is 0 Å². The van der Waals surface area contributed by atoms with Crippen molar-refractivity contribution in [3.63, 3.8) is 0 Å². The van der Waals surface area contributed by atoms with Crippen molar-refractivity contribution in [3.8, 4) is 0 Å². The lowest BCUT2D eigenvalue weighted by atomic mass is 10.1. The summed E-state index contributed by atoms with van der Waals surface area (Å²) in [5.41, 5.74) is -0.328. The van der Waals surface area contributed by atoms with E-state index in [0.29, 0.717) is 0 Å². The Morgan fingerprint density at radius 2 is 2.00 bits per heavy atom. The normalized spacial score (nSPS) is 21.5. The topological polar surface area (TPSA) is 12.0 Å². The molecule has 0 aromatic carbocycles. The maximum absolute atomic E-state index is 6.81. The van der Waals surface area contributed by atoms with E-state index in [1.807, 2.05) is 20.8 Å². The largest absolute Gasteiger partial charge is 0.315 e. The highest BCUT2D eigenvalue weighted by atomic mass is 14.9. The summed E-state index contributed by atoms with van der Waals surface area (Å²) >= 11 is 0. The Balaban J connectivity index is 3.75. The molecule has 0 aliphatic carbocycles. The van der Waals surface area contributed by atoms with E-state index in [9.17, 15) is 0 Å².